The summed E-state index contributed by atoms with van der Waals surface area (Å²) < 4.78 is 37.0. The number of carbonyl (C=O) groups excluding carboxylic acids is 1. The van der Waals surface area contributed by atoms with Gasteiger partial charge in [-0.05, 0) is 30.5 Å². The highest BCUT2D eigenvalue weighted by Crippen LogP contribution is 2.33. The summed E-state index contributed by atoms with van der Waals surface area (Å²) in [5.41, 5.74) is 0.299. The number of anilines is 1. The third-order valence-corrected chi connectivity index (χ3v) is 6.11. The summed E-state index contributed by atoms with van der Waals surface area (Å²) in [6.07, 6.45) is 0. The summed E-state index contributed by atoms with van der Waals surface area (Å²) in [5, 5.41) is 1.66. The number of esters is 1. The monoisotopic (exact) mass is 355 g/mol. The average molecular weight is 355 g/mol. The van der Waals surface area contributed by atoms with Gasteiger partial charge in [-0.3, -0.25) is 9.10 Å². The first kappa shape index (κ1) is 17.3. The van der Waals surface area contributed by atoms with Gasteiger partial charge in [-0.1, -0.05) is 18.2 Å². The van der Waals surface area contributed by atoms with Crippen LogP contribution in [0.4, 0.5) is 5.69 Å². The summed E-state index contributed by atoms with van der Waals surface area (Å²) in [5.74, 6) is -0.268. The van der Waals surface area contributed by atoms with Crippen molar-refractivity contribution in [2.45, 2.75) is 11.1 Å². The molecule has 2 aromatic rings. The molecular weight excluding hydrogens is 338 g/mol. The van der Waals surface area contributed by atoms with E-state index in [1.807, 2.05) is 0 Å². The van der Waals surface area contributed by atoms with E-state index >= 15 is 0 Å². The average Bonchev–Trinajstić information content (AvgIpc) is 3.08. The highest BCUT2D eigenvalue weighted by atomic mass is 32.2. The van der Waals surface area contributed by atoms with Crippen LogP contribution < -0.4 is 9.04 Å². The lowest BCUT2D eigenvalue weighted by atomic mass is 10.3. The summed E-state index contributed by atoms with van der Waals surface area (Å²) in [6.45, 7) is 1.75. The molecule has 0 aliphatic carbocycles. The van der Waals surface area contributed by atoms with Gasteiger partial charge in [0.25, 0.3) is 10.0 Å². The van der Waals surface area contributed by atoms with Crippen LogP contribution in [0.3, 0.4) is 0 Å². The molecule has 0 N–H and O–H groups in total. The molecule has 0 atom stereocenters. The summed E-state index contributed by atoms with van der Waals surface area (Å²) in [6, 6.07) is 9.82. The Morgan fingerprint density at radius 2 is 1.96 bits per heavy atom. The van der Waals surface area contributed by atoms with Gasteiger partial charge in [0.2, 0.25) is 0 Å². The first-order valence-corrected chi connectivity index (χ1v) is 9.17. The SMILES string of the molecule is CCOc1ccccc1N(CC(=O)OC)S(=O)(=O)c1cccs1. The van der Waals surface area contributed by atoms with Crippen LogP contribution in [-0.2, 0) is 19.6 Å². The second-order valence-electron chi connectivity index (χ2n) is 4.42. The van der Waals surface area contributed by atoms with Crippen molar-refractivity contribution in [1.82, 2.24) is 0 Å². The highest BCUT2D eigenvalue weighted by Gasteiger charge is 2.30. The molecular formula is C15H17NO5S2. The van der Waals surface area contributed by atoms with Crippen LogP contribution in [0.25, 0.3) is 0 Å². The fourth-order valence-electron chi connectivity index (χ4n) is 1.94. The van der Waals surface area contributed by atoms with Crippen molar-refractivity contribution in [3.8, 4) is 5.75 Å². The predicted molar refractivity (Wildman–Crippen MR) is 88.5 cm³/mol. The topological polar surface area (TPSA) is 72.9 Å². The molecule has 0 aliphatic rings. The lowest BCUT2D eigenvalue weighted by Gasteiger charge is -2.24. The number of nitrogens with zero attached hydrogens (tertiary/aromatic N) is 1. The number of ether oxygens (including phenoxy) is 2. The number of sulfonamides is 1. The maximum Gasteiger partial charge on any atom is 0.326 e. The molecule has 23 heavy (non-hydrogen) atoms. The molecule has 0 saturated heterocycles. The van der Waals surface area contributed by atoms with Crippen LogP contribution >= 0.6 is 11.3 Å². The Bertz CT molecular complexity index is 756. The van der Waals surface area contributed by atoms with Crippen molar-refractivity contribution >= 4 is 33.0 Å². The predicted octanol–water partition coefficient (Wildman–Crippen LogP) is 2.52. The first-order chi connectivity index (χ1) is 11.0. The van der Waals surface area contributed by atoms with Crippen molar-refractivity contribution in [3.63, 3.8) is 0 Å². The van der Waals surface area contributed by atoms with Crippen molar-refractivity contribution in [1.29, 1.82) is 0 Å². The Morgan fingerprint density at radius 3 is 2.57 bits per heavy atom. The molecule has 0 amide bonds. The molecule has 1 aromatic carbocycles. The fourth-order valence-corrected chi connectivity index (χ4v) is 4.47. The summed E-state index contributed by atoms with van der Waals surface area (Å²) in [4.78, 5) is 11.7. The number of thiophene rings is 1. The van der Waals surface area contributed by atoms with Gasteiger partial charge >= 0.3 is 5.97 Å². The van der Waals surface area contributed by atoms with Crippen molar-refractivity contribution < 1.29 is 22.7 Å². The van der Waals surface area contributed by atoms with Crippen LogP contribution in [0.1, 0.15) is 6.92 Å². The molecule has 0 radical (unpaired) electrons. The molecule has 1 heterocycles. The Balaban J connectivity index is 2.53. The third-order valence-electron chi connectivity index (χ3n) is 2.97. The van der Waals surface area contributed by atoms with Gasteiger partial charge in [-0.25, -0.2) is 8.42 Å². The fraction of sp³-hybridized carbons (Fsp3) is 0.267. The lowest BCUT2D eigenvalue weighted by molar-refractivity contribution is -0.138. The second kappa shape index (κ2) is 7.47. The number of benzene rings is 1. The number of rotatable bonds is 7. The van der Waals surface area contributed by atoms with Gasteiger partial charge < -0.3 is 9.47 Å². The van der Waals surface area contributed by atoms with Crippen LogP contribution in [-0.4, -0.2) is 34.6 Å². The lowest BCUT2D eigenvalue weighted by Crippen LogP contribution is -2.36. The number of hydrogen-bond donors (Lipinski definition) is 0. The molecule has 6 nitrogen and oxygen atoms in total. The van der Waals surface area contributed by atoms with E-state index in [0.717, 1.165) is 15.6 Å². The molecule has 2 rings (SSSR count). The highest BCUT2D eigenvalue weighted by molar-refractivity contribution is 7.94. The normalized spacial score (nSPS) is 11.0. The zero-order valence-electron chi connectivity index (χ0n) is 12.8. The number of methoxy groups -OCH3 is 1. The van der Waals surface area contributed by atoms with E-state index in [4.69, 9.17) is 4.74 Å². The van der Waals surface area contributed by atoms with Crippen LogP contribution in [0.2, 0.25) is 0 Å². The molecule has 0 aliphatic heterocycles. The minimum Gasteiger partial charge on any atom is -0.492 e. The minimum absolute atomic E-state index is 0.146. The van der Waals surface area contributed by atoms with Crippen molar-refractivity contribution in [2.75, 3.05) is 24.6 Å². The first-order valence-electron chi connectivity index (χ1n) is 6.85. The van der Waals surface area contributed by atoms with E-state index in [1.54, 1.807) is 42.6 Å². The van der Waals surface area contributed by atoms with Crippen LogP contribution in [0.15, 0.2) is 46.0 Å². The van der Waals surface area contributed by atoms with E-state index in [9.17, 15) is 13.2 Å². The molecule has 0 spiro atoms. The van der Waals surface area contributed by atoms with E-state index in [0.29, 0.717) is 18.0 Å². The van der Waals surface area contributed by atoms with Crippen LogP contribution in [0, 0.1) is 0 Å². The Labute approximate surface area is 139 Å². The second-order valence-corrected chi connectivity index (χ2v) is 7.46. The van der Waals surface area contributed by atoms with Crippen molar-refractivity contribution in [2.24, 2.45) is 0 Å². The third kappa shape index (κ3) is 3.83. The number of para-hydroxylation sites is 2. The van der Waals surface area contributed by atoms with E-state index in [2.05, 4.69) is 4.74 Å². The quantitative estimate of drug-likeness (QED) is 0.714. The molecule has 0 bridgehead atoms. The minimum atomic E-state index is -3.89. The zero-order chi connectivity index (χ0) is 16.9. The summed E-state index contributed by atoms with van der Waals surface area (Å²) >= 11 is 1.08. The van der Waals surface area contributed by atoms with Gasteiger partial charge in [0.05, 0.1) is 19.4 Å². The summed E-state index contributed by atoms with van der Waals surface area (Å²) in [7, 11) is -2.67. The molecule has 1 aromatic heterocycles. The van der Waals surface area contributed by atoms with Gasteiger partial charge in [0, 0.05) is 0 Å². The molecule has 8 heteroatoms. The van der Waals surface area contributed by atoms with Crippen molar-refractivity contribution in [3.05, 3.63) is 41.8 Å². The van der Waals surface area contributed by atoms with E-state index in [-0.39, 0.29) is 4.21 Å². The van der Waals surface area contributed by atoms with Crippen LogP contribution in [0.5, 0.6) is 5.75 Å². The molecule has 0 saturated carbocycles. The van der Waals surface area contributed by atoms with Gasteiger partial charge in [-0.15, -0.1) is 11.3 Å². The molecule has 0 fully saturated rings. The smallest absolute Gasteiger partial charge is 0.326 e. The number of hydrogen-bond acceptors (Lipinski definition) is 6. The maximum absolute atomic E-state index is 12.9. The Morgan fingerprint density at radius 1 is 1.22 bits per heavy atom. The standard InChI is InChI=1S/C15H17NO5S2/c1-3-21-13-8-5-4-7-12(13)16(11-14(17)20-2)23(18,19)15-9-6-10-22-15/h4-10H,3,11H2,1-2H3. The van der Waals surface area contributed by atoms with Gasteiger partial charge in [0.1, 0.15) is 16.5 Å². The van der Waals surface area contributed by atoms with Gasteiger partial charge in [-0.2, -0.15) is 0 Å². The number of carbonyl (C=O) groups is 1. The Kier molecular flexibility index (Phi) is 5.62. The van der Waals surface area contributed by atoms with E-state index in [1.165, 1.54) is 13.2 Å². The maximum atomic E-state index is 12.9. The van der Waals surface area contributed by atoms with E-state index < -0.39 is 22.5 Å². The Hall–Kier alpha value is -2.06. The zero-order valence-corrected chi connectivity index (χ0v) is 14.4. The largest absolute Gasteiger partial charge is 0.492 e. The molecule has 124 valence electrons. The van der Waals surface area contributed by atoms with Gasteiger partial charge in [0.15, 0.2) is 0 Å². The molecule has 0 unspecified atom stereocenters.